The topological polar surface area (TPSA) is 59.0 Å². The fraction of sp³-hybridized carbons (Fsp3) is 0.0714. The lowest BCUT2D eigenvalue weighted by Crippen LogP contribution is -2.01. The standard InChI is InChI=1S/C14H10F2N2O/c15-11-5-9(7-17)4-10(6-11)8-19-14-12(16)2-1-3-13(14)18/h1-6H,8,18H2. The van der Waals surface area contributed by atoms with Crippen molar-refractivity contribution in [2.45, 2.75) is 6.61 Å². The molecule has 3 nitrogen and oxygen atoms in total. The molecule has 0 aliphatic heterocycles. The van der Waals surface area contributed by atoms with E-state index in [0.29, 0.717) is 5.56 Å². The highest BCUT2D eigenvalue weighted by Crippen LogP contribution is 2.25. The van der Waals surface area contributed by atoms with E-state index in [-0.39, 0.29) is 23.6 Å². The van der Waals surface area contributed by atoms with E-state index in [0.717, 1.165) is 6.07 Å². The van der Waals surface area contributed by atoms with E-state index in [2.05, 4.69) is 0 Å². The van der Waals surface area contributed by atoms with E-state index in [1.54, 1.807) is 0 Å². The molecule has 0 atom stereocenters. The number of halogens is 2. The quantitative estimate of drug-likeness (QED) is 0.863. The molecule has 2 aromatic rings. The van der Waals surface area contributed by atoms with E-state index in [4.69, 9.17) is 15.7 Å². The summed E-state index contributed by atoms with van der Waals surface area (Å²) in [6, 6.07) is 9.83. The normalized spacial score (nSPS) is 9.95. The van der Waals surface area contributed by atoms with Crippen LogP contribution in [0.5, 0.6) is 5.75 Å². The summed E-state index contributed by atoms with van der Waals surface area (Å²) in [5, 5.41) is 8.72. The molecule has 0 aliphatic carbocycles. The molecular weight excluding hydrogens is 250 g/mol. The van der Waals surface area contributed by atoms with Crippen molar-refractivity contribution in [2.24, 2.45) is 0 Å². The Hall–Kier alpha value is -2.61. The van der Waals surface area contributed by atoms with E-state index in [9.17, 15) is 8.78 Å². The number of para-hydroxylation sites is 1. The van der Waals surface area contributed by atoms with E-state index >= 15 is 0 Å². The summed E-state index contributed by atoms with van der Waals surface area (Å²) in [5.41, 5.74) is 6.35. The van der Waals surface area contributed by atoms with Gasteiger partial charge in [-0.1, -0.05) is 6.07 Å². The van der Waals surface area contributed by atoms with Crippen LogP contribution >= 0.6 is 0 Å². The summed E-state index contributed by atoms with van der Waals surface area (Å²) in [7, 11) is 0. The number of rotatable bonds is 3. The Morgan fingerprint density at radius 3 is 2.68 bits per heavy atom. The molecule has 0 aliphatic rings. The molecule has 0 radical (unpaired) electrons. The average molecular weight is 260 g/mol. The molecule has 0 spiro atoms. The van der Waals surface area contributed by atoms with Gasteiger partial charge in [-0.2, -0.15) is 5.26 Å². The molecule has 0 saturated heterocycles. The summed E-state index contributed by atoms with van der Waals surface area (Å²) in [4.78, 5) is 0. The molecule has 19 heavy (non-hydrogen) atoms. The van der Waals surface area contributed by atoms with Crippen molar-refractivity contribution in [3.8, 4) is 11.8 Å². The Balaban J connectivity index is 2.19. The first-order valence-corrected chi connectivity index (χ1v) is 5.46. The van der Waals surface area contributed by atoms with Gasteiger partial charge >= 0.3 is 0 Å². The van der Waals surface area contributed by atoms with Crippen LogP contribution in [0.1, 0.15) is 11.1 Å². The molecule has 5 heteroatoms. The van der Waals surface area contributed by atoms with Crippen molar-refractivity contribution in [3.05, 3.63) is 59.2 Å². The van der Waals surface area contributed by atoms with Crippen molar-refractivity contribution < 1.29 is 13.5 Å². The van der Waals surface area contributed by atoms with Crippen molar-refractivity contribution in [2.75, 3.05) is 5.73 Å². The molecule has 2 N–H and O–H groups in total. The summed E-state index contributed by atoms with van der Waals surface area (Å²) in [6.45, 7) is -0.0719. The fourth-order valence-electron chi connectivity index (χ4n) is 1.63. The Bertz CT molecular complexity index is 630. The minimum atomic E-state index is -0.586. The molecule has 0 aromatic heterocycles. The zero-order valence-corrected chi connectivity index (χ0v) is 9.86. The lowest BCUT2D eigenvalue weighted by molar-refractivity contribution is 0.291. The van der Waals surface area contributed by atoms with Gasteiger partial charge < -0.3 is 10.5 Å². The summed E-state index contributed by atoms with van der Waals surface area (Å²) >= 11 is 0. The monoisotopic (exact) mass is 260 g/mol. The lowest BCUT2D eigenvalue weighted by atomic mass is 10.1. The SMILES string of the molecule is N#Cc1cc(F)cc(COc2c(N)cccc2F)c1. The summed E-state index contributed by atoms with van der Waals surface area (Å²) < 4.78 is 31.9. The van der Waals surface area contributed by atoms with Gasteiger partial charge in [-0.3, -0.25) is 0 Å². The smallest absolute Gasteiger partial charge is 0.178 e. The Morgan fingerprint density at radius 2 is 2.00 bits per heavy atom. The largest absolute Gasteiger partial charge is 0.484 e. The van der Waals surface area contributed by atoms with Crippen LogP contribution in [0.3, 0.4) is 0 Å². The molecule has 2 aromatic carbocycles. The van der Waals surface area contributed by atoms with Crippen molar-refractivity contribution in [3.63, 3.8) is 0 Å². The highest BCUT2D eigenvalue weighted by Gasteiger charge is 2.08. The fourth-order valence-corrected chi connectivity index (χ4v) is 1.63. The Labute approximate surface area is 108 Å². The molecule has 2 rings (SSSR count). The first-order valence-electron chi connectivity index (χ1n) is 5.46. The molecular formula is C14H10F2N2O. The van der Waals surface area contributed by atoms with Gasteiger partial charge in [0.15, 0.2) is 11.6 Å². The highest BCUT2D eigenvalue weighted by atomic mass is 19.1. The third-order valence-corrected chi connectivity index (χ3v) is 2.47. The van der Waals surface area contributed by atoms with Gasteiger partial charge in [0.2, 0.25) is 0 Å². The van der Waals surface area contributed by atoms with Crippen LogP contribution in [0.25, 0.3) is 0 Å². The Kier molecular flexibility index (Phi) is 3.62. The third kappa shape index (κ3) is 2.99. The number of hydrogen-bond acceptors (Lipinski definition) is 3. The molecule has 96 valence electrons. The van der Waals surface area contributed by atoms with Gasteiger partial charge in [-0.05, 0) is 35.9 Å². The van der Waals surface area contributed by atoms with Gasteiger partial charge in [0, 0.05) is 0 Å². The van der Waals surface area contributed by atoms with Gasteiger partial charge in [-0.15, -0.1) is 0 Å². The molecule has 0 unspecified atom stereocenters. The number of nitrogens with two attached hydrogens (primary N) is 1. The van der Waals surface area contributed by atoms with E-state index in [1.807, 2.05) is 6.07 Å². The maximum atomic E-state index is 13.4. The van der Waals surface area contributed by atoms with Crippen LogP contribution in [0.15, 0.2) is 36.4 Å². The van der Waals surface area contributed by atoms with Crippen molar-refractivity contribution in [1.29, 1.82) is 5.26 Å². The van der Waals surface area contributed by atoms with Crippen molar-refractivity contribution in [1.82, 2.24) is 0 Å². The number of ether oxygens (including phenoxy) is 1. The second-order valence-electron chi connectivity index (χ2n) is 3.91. The van der Waals surface area contributed by atoms with Crippen LogP contribution < -0.4 is 10.5 Å². The molecule has 0 bridgehead atoms. The molecule has 0 amide bonds. The minimum absolute atomic E-state index is 0.0719. The maximum absolute atomic E-state index is 13.4. The number of anilines is 1. The average Bonchev–Trinajstić information content (AvgIpc) is 2.37. The number of nitrogens with zero attached hydrogens (tertiary/aromatic N) is 1. The highest BCUT2D eigenvalue weighted by molar-refractivity contribution is 5.52. The first-order chi connectivity index (χ1) is 9.10. The number of benzene rings is 2. The molecule has 0 fully saturated rings. The maximum Gasteiger partial charge on any atom is 0.178 e. The van der Waals surface area contributed by atoms with Crippen LogP contribution in [-0.2, 0) is 6.61 Å². The zero-order valence-electron chi connectivity index (χ0n) is 9.86. The van der Waals surface area contributed by atoms with Gasteiger partial charge in [-0.25, -0.2) is 8.78 Å². The second kappa shape index (κ2) is 5.36. The summed E-state index contributed by atoms with van der Waals surface area (Å²) in [6.07, 6.45) is 0. The third-order valence-electron chi connectivity index (χ3n) is 2.47. The van der Waals surface area contributed by atoms with Crippen LogP contribution in [0.2, 0.25) is 0 Å². The van der Waals surface area contributed by atoms with Gasteiger partial charge in [0.05, 0.1) is 17.3 Å². The van der Waals surface area contributed by atoms with Gasteiger partial charge in [0.25, 0.3) is 0 Å². The van der Waals surface area contributed by atoms with Crippen LogP contribution in [0, 0.1) is 23.0 Å². The first kappa shape index (κ1) is 12.8. The Morgan fingerprint density at radius 1 is 1.21 bits per heavy atom. The van der Waals surface area contributed by atoms with E-state index in [1.165, 1.54) is 30.3 Å². The van der Waals surface area contributed by atoms with Crippen LogP contribution in [-0.4, -0.2) is 0 Å². The second-order valence-corrected chi connectivity index (χ2v) is 3.91. The predicted octanol–water partition coefficient (Wildman–Crippen LogP) is 3.00. The number of nitriles is 1. The van der Waals surface area contributed by atoms with Gasteiger partial charge in [0.1, 0.15) is 12.4 Å². The number of nitrogen functional groups attached to an aromatic ring is 1. The van der Waals surface area contributed by atoms with E-state index < -0.39 is 11.6 Å². The lowest BCUT2D eigenvalue weighted by Gasteiger charge is -2.10. The number of hydrogen-bond donors (Lipinski definition) is 1. The molecule has 0 heterocycles. The minimum Gasteiger partial charge on any atom is -0.484 e. The molecule has 0 saturated carbocycles. The summed E-state index contributed by atoms with van der Waals surface area (Å²) in [5.74, 6) is -1.21. The predicted molar refractivity (Wildman–Crippen MR) is 66.3 cm³/mol. The zero-order chi connectivity index (χ0) is 13.8. The van der Waals surface area contributed by atoms with Crippen LogP contribution in [0.4, 0.5) is 14.5 Å². The van der Waals surface area contributed by atoms with Crippen molar-refractivity contribution >= 4 is 5.69 Å².